The Hall–Kier alpha value is -2.77. The number of carbonyl (C=O) groups excluding carboxylic acids is 2. The first-order valence-corrected chi connectivity index (χ1v) is 7.43. The van der Waals surface area contributed by atoms with Gasteiger partial charge in [0.15, 0.2) is 5.69 Å². The monoisotopic (exact) mass is 334 g/mol. The molecule has 126 valence electrons. The van der Waals surface area contributed by atoms with E-state index in [4.69, 9.17) is 5.73 Å². The molecule has 2 heterocycles. The van der Waals surface area contributed by atoms with Gasteiger partial charge >= 0.3 is 0 Å². The molecule has 24 heavy (non-hydrogen) atoms. The van der Waals surface area contributed by atoms with E-state index in [2.05, 4.69) is 5.10 Å². The number of primary amides is 1. The molecule has 0 saturated carbocycles. The average molecular weight is 334 g/mol. The van der Waals surface area contributed by atoms with Gasteiger partial charge in [0.05, 0.1) is 12.2 Å². The van der Waals surface area contributed by atoms with E-state index in [1.807, 2.05) is 0 Å². The fourth-order valence-corrected chi connectivity index (χ4v) is 2.87. The number of likely N-dealkylation sites (tertiary alicyclic amines) is 1. The number of rotatable bonds is 3. The number of hydrogen-bond donors (Lipinski definition) is 1. The number of nitrogens with zero attached hydrogens (tertiary/aromatic N) is 3. The fourth-order valence-electron chi connectivity index (χ4n) is 2.87. The first kappa shape index (κ1) is 16.1. The van der Waals surface area contributed by atoms with Gasteiger partial charge in [-0.1, -0.05) is 0 Å². The molecule has 0 spiro atoms. The van der Waals surface area contributed by atoms with Crippen LogP contribution < -0.4 is 5.73 Å². The summed E-state index contributed by atoms with van der Waals surface area (Å²) in [4.78, 5) is 25.0. The number of halogens is 2. The standard InChI is InChI=1S/C16H16F2N4O2/c1-9-6-10(17)2-3-13(9)22-5-4-12(20-22)16(24)21-8-11(18)7-14(21)15(19)23/h2-6,11,14H,7-8H2,1H3,(H2,19,23)/t11-,14+/m1/s1. The Balaban J connectivity index is 1.87. The third-order valence-corrected chi connectivity index (χ3v) is 4.05. The van der Waals surface area contributed by atoms with Gasteiger partial charge in [0.25, 0.3) is 5.91 Å². The van der Waals surface area contributed by atoms with Gasteiger partial charge in [-0.3, -0.25) is 9.59 Å². The number of carbonyl (C=O) groups is 2. The Labute approximate surface area is 136 Å². The third kappa shape index (κ3) is 2.86. The molecule has 1 saturated heterocycles. The molecule has 2 aromatic rings. The quantitative estimate of drug-likeness (QED) is 0.920. The molecule has 1 aromatic carbocycles. The van der Waals surface area contributed by atoms with E-state index in [1.54, 1.807) is 19.2 Å². The van der Waals surface area contributed by atoms with Crippen molar-refractivity contribution in [3.63, 3.8) is 0 Å². The first-order chi connectivity index (χ1) is 11.4. The number of alkyl halides is 1. The molecule has 1 aliphatic rings. The van der Waals surface area contributed by atoms with Crippen LogP contribution in [0.2, 0.25) is 0 Å². The van der Waals surface area contributed by atoms with Gasteiger partial charge in [-0.25, -0.2) is 13.5 Å². The Bertz CT molecular complexity index is 805. The van der Waals surface area contributed by atoms with Crippen LogP contribution in [0.1, 0.15) is 22.5 Å². The molecular formula is C16H16F2N4O2. The highest BCUT2D eigenvalue weighted by Gasteiger charge is 2.39. The second-order valence-corrected chi connectivity index (χ2v) is 5.79. The van der Waals surface area contributed by atoms with E-state index >= 15 is 0 Å². The molecule has 1 aliphatic heterocycles. The molecule has 1 fully saturated rings. The Morgan fingerprint density at radius 3 is 2.75 bits per heavy atom. The minimum atomic E-state index is -1.28. The number of benzene rings is 1. The van der Waals surface area contributed by atoms with Crippen molar-refractivity contribution in [1.82, 2.24) is 14.7 Å². The van der Waals surface area contributed by atoms with Gasteiger partial charge < -0.3 is 10.6 Å². The molecule has 2 amide bonds. The topological polar surface area (TPSA) is 81.2 Å². The molecule has 2 atom stereocenters. The van der Waals surface area contributed by atoms with Crippen LogP contribution in [0.3, 0.4) is 0 Å². The highest BCUT2D eigenvalue weighted by atomic mass is 19.1. The maximum atomic E-state index is 13.6. The lowest BCUT2D eigenvalue weighted by atomic mass is 10.2. The van der Waals surface area contributed by atoms with Crippen LogP contribution in [0, 0.1) is 12.7 Å². The van der Waals surface area contributed by atoms with Crippen LogP contribution in [0.25, 0.3) is 5.69 Å². The van der Waals surface area contributed by atoms with Gasteiger partial charge in [-0.15, -0.1) is 0 Å². The molecule has 8 heteroatoms. The van der Waals surface area contributed by atoms with Crippen LogP contribution in [0.5, 0.6) is 0 Å². The van der Waals surface area contributed by atoms with Crippen molar-refractivity contribution in [1.29, 1.82) is 0 Å². The predicted molar refractivity (Wildman–Crippen MR) is 81.8 cm³/mol. The Morgan fingerprint density at radius 2 is 2.08 bits per heavy atom. The van der Waals surface area contributed by atoms with E-state index < -0.39 is 24.0 Å². The average Bonchev–Trinajstić information content (AvgIpc) is 3.13. The maximum Gasteiger partial charge on any atom is 0.275 e. The van der Waals surface area contributed by atoms with Crippen LogP contribution in [-0.4, -0.2) is 45.3 Å². The zero-order valence-electron chi connectivity index (χ0n) is 12.9. The van der Waals surface area contributed by atoms with E-state index in [1.165, 1.54) is 22.9 Å². The number of hydrogen-bond acceptors (Lipinski definition) is 3. The van der Waals surface area contributed by atoms with Gasteiger partial charge in [-0.2, -0.15) is 5.10 Å². The van der Waals surface area contributed by atoms with Crippen LogP contribution in [0.15, 0.2) is 30.5 Å². The molecule has 0 bridgehead atoms. The van der Waals surface area contributed by atoms with Crippen molar-refractivity contribution < 1.29 is 18.4 Å². The number of aryl methyl sites for hydroxylation is 1. The second kappa shape index (κ2) is 6.03. The molecule has 1 aromatic heterocycles. The molecule has 2 N–H and O–H groups in total. The van der Waals surface area contributed by atoms with E-state index in [0.29, 0.717) is 11.3 Å². The van der Waals surface area contributed by atoms with Crippen LogP contribution >= 0.6 is 0 Å². The minimum absolute atomic E-state index is 0.0686. The summed E-state index contributed by atoms with van der Waals surface area (Å²) >= 11 is 0. The predicted octanol–water partition coefficient (Wildman–Crippen LogP) is 1.36. The summed E-state index contributed by atoms with van der Waals surface area (Å²) in [6.07, 6.45) is 0.169. The summed E-state index contributed by atoms with van der Waals surface area (Å²) < 4.78 is 28.2. The summed E-state index contributed by atoms with van der Waals surface area (Å²) in [5.74, 6) is -1.66. The lowest BCUT2D eigenvalue weighted by Crippen LogP contribution is -2.43. The van der Waals surface area contributed by atoms with Crippen LogP contribution in [0.4, 0.5) is 8.78 Å². The Kier molecular flexibility index (Phi) is 4.04. The summed E-state index contributed by atoms with van der Waals surface area (Å²) in [6, 6.07) is 4.70. The maximum absolute atomic E-state index is 13.6. The Morgan fingerprint density at radius 1 is 1.33 bits per heavy atom. The molecule has 0 aliphatic carbocycles. The normalized spacial score (nSPS) is 20.4. The zero-order valence-corrected chi connectivity index (χ0v) is 12.9. The fraction of sp³-hybridized carbons (Fsp3) is 0.312. The molecule has 3 rings (SSSR count). The van der Waals surface area contributed by atoms with Gasteiger partial charge in [0.2, 0.25) is 5.91 Å². The lowest BCUT2D eigenvalue weighted by Gasteiger charge is -2.20. The van der Waals surface area contributed by atoms with Crippen molar-refractivity contribution >= 4 is 11.8 Å². The lowest BCUT2D eigenvalue weighted by molar-refractivity contribution is -0.121. The summed E-state index contributed by atoms with van der Waals surface area (Å²) in [5.41, 5.74) is 6.57. The number of aromatic nitrogens is 2. The molecule has 0 radical (unpaired) electrons. The summed E-state index contributed by atoms with van der Waals surface area (Å²) in [7, 11) is 0. The smallest absolute Gasteiger partial charge is 0.275 e. The molecule has 6 nitrogen and oxygen atoms in total. The van der Waals surface area contributed by atoms with E-state index in [-0.39, 0.29) is 24.5 Å². The van der Waals surface area contributed by atoms with Crippen LogP contribution in [-0.2, 0) is 4.79 Å². The summed E-state index contributed by atoms with van der Waals surface area (Å²) in [6.45, 7) is 1.54. The van der Waals surface area contributed by atoms with Crippen molar-refractivity contribution in [2.45, 2.75) is 25.6 Å². The van der Waals surface area contributed by atoms with E-state index in [0.717, 1.165) is 4.90 Å². The number of nitrogens with two attached hydrogens (primary N) is 1. The van der Waals surface area contributed by atoms with Crippen molar-refractivity contribution in [3.8, 4) is 5.69 Å². The molecule has 0 unspecified atom stereocenters. The second-order valence-electron chi connectivity index (χ2n) is 5.79. The largest absolute Gasteiger partial charge is 0.368 e. The SMILES string of the molecule is Cc1cc(F)ccc1-n1ccc(C(=O)N2C[C@H](F)C[C@H]2C(N)=O)n1. The van der Waals surface area contributed by atoms with Gasteiger partial charge in [0, 0.05) is 12.6 Å². The van der Waals surface area contributed by atoms with Crippen molar-refractivity contribution in [2.75, 3.05) is 6.54 Å². The first-order valence-electron chi connectivity index (χ1n) is 7.43. The van der Waals surface area contributed by atoms with Gasteiger partial charge in [0.1, 0.15) is 18.0 Å². The number of amides is 2. The zero-order chi connectivity index (χ0) is 17.4. The highest BCUT2D eigenvalue weighted by molar-refractivity contribution is 5.96. The minimum Gasteiger partial charge on any atom is -0.368 e. The molecular weight excluding hydrogens is 318 g/mol. The third-order valence-electron chi connectivity index (χ3n) is 4.05. The summed E-state index contributed by atoms with van der Waals surface area (Å²) in [5, 5.41) is 4.16. The highest BCUT2D eigenvalue weighted by Crippen LogP contribution is 2.23. The van der Waals surface area contributed by atoms with E-state index in [9.17, 15) is 18.4 Å². The van der Waals surface area contributed by atoms with Crippen molar-refractivity contribution in [3.05, 3.63) is 47.5 Å². The van der Waals surface area contributed by atoms with Crippen molar-refractivity contribution in [2.24, 2.45) is 5.73 Å². The van der Waals surface area contributed by atoms with Gasteiger partial charge in [-0.05, 0) is 36.8 Å².